The lowest BCUT2D eigenvalue weighted by molar-refractivity contribution is -0.384. The maximum atomic E-state index is 13.5. The third-order valence-electron chi connectivity index (χ3n) is 6.35. The maximum Gasteiger partial charge on any atom is 0.323 e. The number of carbonyl (C=O) groups excluding carboxylic acids is 2. The Morgan fingerprint density at radius 2 is 1.22 bits per heavy atom. The minimum atomic E-state index is -5.31. The zero-order chi connectivity index (χ0) is 34.4. The second-order valence-electron chi connectivity index (χ2n) is 9.78. The van der Waals surface area contributed by atoms with Gasteiger partial charge in [-0.05, 0) is 72.8 Å². The Hall–Kier alpha value is -4.99. The Labute approximate surface area is 260 Å². The van der Waals surface area contributed by atoms with Gasteiger partial charge in [0.15, 0.2) is 0 Å². The van der Waals surface area contributed by atoms with Gasteiger partial charge in [-0.15, -0.1) is 0 Å². The van der Waals surface area contributed by atoms with Crippen LogP contribution in [-0.2, 0) is 30.4 Å². The molecule has 46 heavy (non-hydrogen) atoms. The molecule has 0 aliphatic rings. The number of nitro benzene ring substituents is 1. The summed E-state index contributed by atoms with van der Waals surface area (Å²) in [4.78, 5) is 33.9. The number of urea groups is 1. The topological polar surface area (TPSA) is 276 Å². The molecule has 20 heteroatoms. The third-order valence-corrected chi connectivity index (χ3v) is 8.89. The number of carbonyl (C=O) groups is 2. The van der Waals surface area contributed by atoms with Crippen LogP contribution in [0.3, 0.4) is 0 Å². The summed E-state index contributed by atoms with van der Waals surface area (Å²) >= 11 is 0. The van der Waals surface area contributed by atoms with E-state index < -0.39 is 84.0 Å². The van der Waals surface area contributed by atoms with Crippen molar-refractivity contribution in [3.8, 4) is 0 Å². The van der Waals surface area contributed by atoms with Gasteiger partial charge in [-0.1, -0.05) is 12.1 Å². The molecule has 0 spiro atoms. The fourth-order valence-corrected chi connectivity index (χ4v) is 6.27. The maximum absolute atomic E-state index is 13.5. The third kappa shape index (κ3) is 7.44. The first-order valence-electron chi connectivity index (χ1n) is 12.4. The number of anilines is 3. The van der Waals surface area contributed by atoms with Crippen molar-refractivity contribution in [2.24, 2.45) is 0 Å². The molecule has 4 aromatic rings. The van der Waals surface area contributed by atoms with Crippen molar-refractivity contribution in [3.63, 3.8) is 0 Å². The van der Waals surface area contributed by atoms with E-state index in [9.17, 15) is 58.6 Å². The molecule has 0 fully saturated rings. The predicted octanol–water partition coefficient (Wildman–Crippen LogP) is 4.00. The summed E-state index contributed by atoms with van der Waals surface area (Å²) in [6.07, 6.45) is 0. The van der Waals surface area contributed by atoms with Gasteiger partial charge >= 0.3 is 6.03 Å². The molecule has 242 valence electrons. The highest BCUT2D eigenvalue weighted by molar-refractivity contribution is 7.87. The lowest BCUT2D eigenvalue weighted by Gasteiger charge is -2.16. The molecule has 0 radical (unpaired) electrons. The molecule has 4 aromatic carbocycles. The van der Waals surface area contributed by atoms with E-state index in [2.05, 4.69) is 16.0 Å². The lowest BCUT2D eigenvalue weighted by atomic mass is 10.1. The highest BCUT2D eigenvalue weighted by atomic mass is 32.2. The van der Waals surface area contributed by atoms with E-state index in [4.69, 9.17) is 0 Å². The molecule has 0 saturated heterocycles. The van der Waals surface area contributed by atoms with Gasteiger partial charge < -0.3 is 16.0 Å². The Morgan fingerprint density at radius 1 is 0.674 bits per heavy atom. The predicted molar refractivity (Wildman–Crippen MR) is 163 cm³/mol. The molecule has 17 nitrogen and oxygen atoms in total. The van der Waals surface area contributed by atoms with Crippen LogP contribution < -0.4 is 16.0 Å². The highest BCUT2D eigenvalue weighted by Crippen LogP contribution is 2.36. The average molecular weight is 695 g/mol. The van der Waals surface area contributed by atoms with Gasteiger partial charge in [0.25, 0.3) is 41.9 Å². The van der Waals surface area contributed by atoms with Crippen LogP contribution in [0.15, 0.2) is 75.4 Å². The van der Waals surface area contributed by atoms with Crippen LogP contribution in [0.4, 0.5) is 27.5 Å². The monoisotopic (exact) mass is 694 g/mol. The lowest BCUT2D eigenvalue weighted by Crippen LogP contribution is -2.23. The quantitative estimate of drug-likeness (QED) is 0.0865. The number of fused-ring (bicyclic) bond motifs is 1. The molecular weight excluding hydrogens is 673 g/mol. The van der Waals surface area contributed by atoms with Crippen molar-refractivity contribution in [2.75, 3.05) is 16.0 Å². The van der Waals surface area contributed by atoms with Crippen molar-refractivity contribution >= 4 is 75.8 Å². The van der Waals surface area contributed by atoms with Gasteiger partial charge in [-0.25, -0.2) is 4.79 Å². The van der Waals surface area contributed by atoms with Gasteiger partial charge in [-0.2, -0.15) is 25.3 Å². The molecule has 6 N–H and O–H groups in total. The molecule has 0 heterocycles. The molecule has 0 atom stereocenters. The Balaban J connectivity index is 1.82. The molecule has 0 saturated carbocycles. The largest absolute Gasteiger partial charge is 0.323 e. The summed E-state index contributed by atoms with van der Waals surface area (Å²) in [7, 11) is -15.5. The van der Waals surface area contributed by atoms with Crippen molar-refractivity contribution in [1.82, 2.24) is 0 Å². The molecular formula is C26H22N4O13S3. The average Bonchev–Trinajstić information content (AvgIpc) is 2.91. The fraction of sp³-hybridized carbons (Fsp3) is 0.0769. The number of hydrogen-bond acceptors (Lipinski definition) is 10. The fourth-order valence-electron chi connectivity index (χ4n) is 4.35. The van der Waals surface area contributed by atoms with Gasteiger partial charge in [0.1, 0.15) is 10.6 Å². The number of aryl methyl sites for hydroxylation is 2. The SMILES string of the molecule is Cc1ccc(C(=O)Nc2cc(S(=O)(=O)O)cc3cc(S(=O)(=O)O)cc(S(=O)(=O)O)c23)c(NC(=O)Nc2ccc(C)cc2[N+](=O)[O-])c1. The van der Waals surface area contributed by atoms with Crippen molar-refractivity contribution < 1.29 is 53.4 Å². The van der Waals surface area contributed by atoms with Crippen LogP contribution >= 0.6 is 0 Å². The number of rotatable bonds is 8. The van der Waals surface area contributed by atoms with Gasteiger partial charge in [-0.3, -0.25) is 28.6 Å². The first-order chi connectivity index (χ1) is 21.1. The normalized spacial score (nSPS) is 12.0. The Bertz CT molecular complexity index is 2300. The van der Waals surface area contributed by atoms with Crippen LogP contribution in [0, 0.1) is 24.0 Å². The molecule has 3 amide bonds. The molecule has 0 aliphatic heterocycles. The van der Waals surface area contributed by atoms with E-state index in [0.29, 0.717) is 35.4 Å². The van der Waals surface area contributed by atoms with Crippen LogP contribution in [-0.4, -0.2) is 55.8 Å². The van der Waals surface area contributed by atoms with Crippen LogP contribution in [0.1, 0.15) is 21.5 Å². The summed E-state index contributed by atoms with van der Waals surface area (Å²) in [5.74, 6) is -1.11. The molecule has 0 bridgehead atoms. The van der Waals surface area contributed by atoms with E-state index in [1.165, 1.54) is 36.4 Å². The minimum Gasteiger partial charge on any atom is -0.321 e. The van der Waals surface area contributed by atoms with E-state index in [-0.39, 0.29) is 16.9 Å². The number of amides is 3. The number of nitro groups is 1. The van der Waals surface area contributed by atoms with Crippen molar-refractivity contribution in [2.45, 2.75) is 28.5 Å². The second kappa shape index (κ2) is 12.1. The molecule has 0 aromatic heterocycles. The zero-order valence-electron chi connectivity index (χ0n) is 23.4. The standard InChI is InChI=1S/C26H22N4O13S3/c1-13-3-5-18(20(7-13)29-26(32)28-19-6-4-14(2)8-22(19)30(33)34)25(31)27-21-11-16(44(35,36)37)9-15-10-17(45(38,39)40)12-23(24(15)21)46(41,42)43/h3-12H,1-2H3,(H,27,31)(H2,28,29,32)(H,35,36,37)(H,38,39,40)(H,41,42,43). The Kier molecular flexibility index (Phi) is 8.90. The molecule has 0 aliphatic carbocycles. The van der Waals surface area contributed by atoms with E-state index in [0.717, 1.165) is 0 Å². The Morgan fingerprint density at radius 3 is 1.78 bits per heavy atom. The molecule has 4 rings (SSSR count). The second-order valence-corrected chi connectivity index (χ2v) is 14.0. The minimum absolute atomic E-state index is 0.163. The summed E-state index contributed by atoms with van der Waals surface area (Å²) in [5, 5.41) is 17.2. The zero-order valence-corrected chi connectivity index (χ0v) is 25.8. The van der Waals surface area contributed by atoms with E-state index >= 15 is 0 Å². The van der Waals surface area contributed by atoms with Gasteiger partial charge in [0.2, 0.25) is 0 Å². The van der Waals surface area contributed by atoms with Crippen LogP contribution in [0.5, 0.6) is 0 Å². The molecule has 0 unspecified atom stereocenters. The van der Waals surface area contributed by atoms with Crippen molar-refractivity contribution in [3.05, 3.63) is 87.5 Å². The van der Waals surface area contributed by atoms with Gasteiger partial charge in [0, 0.05) is 11.5 Å². The summed E-state index contributed by atoms with van der Waals surface area (Å²) in [6.45, 7) is 3.21. The van der Waals surface area contributed by atoms with Gasteiger partial charge in [0.05, 0.1) is 31.7 Å². The van der Waals surface area contributed by atoms with Crippen LogP contribution in [0.25, 0.3) is 10.8 Å². The highest BCUT2D eigenvalue weighted by Gasteiger charge is 2.26. The number of nitrogens with one attached hydrogen (secondary N) is 3. The number of hydrogen-bond donors (Lipinski definition) is 6. The summed E-state index contributed by atoms with van der Waals surface area (Å²) in [6, 6.07) is 9.31. The van der Waals surface area contributed by atoms with Crippen molar-refractivity contribution in [1.29, 1.82) is 0 Å². The number of nitrogens with zero attached hydrogens (tertiary/aromatic N) is 1. The van der Waals surface area contributed by atoms with Crippen LogP contribution in [0.2, 0.25) is 0 Å². The smallest absolute Gasteiger partial charge is 0.321 e. The van der Waals surface area contributed by atoms with E-state index in [1.54, 1.807) is 13.8 Å². The first kappa shape index (κ1) is 33.9. The number of benzene rings is 4. The summed E-state index contributed by atoms with van der Waals surface area (Å²) < 4.78 is 101. The van der Waals surface area contributed by atoms with E-state index in [1.807, 2.05) is 0 Å². The first-order valence-corrected chi connectivity index (χ1v) is 16.8. The summed E-state index contributed by atoms with van der Waals surface area (Å²) in [5.41, 5.74) is -0.616.